The molecular formula is C18H21NO3. The number of hydrogen-bond donors (Lipinski definition) is 1. The number of hydrogen-bond acceptors (Lipinski definition) is 3. The fourth-order valence-electron chi connectivity index (χ4n) is 2.17. The van der Waals surface area contributed by atoms with Crippen LogP contribution in [0.5, 0.6) is 0 Å². The summed E-state index contributed by atoms with van der Waals surface area (Å²) in [4.78, 5) is 13.0. The first-order valence-corrected chi connectivity index (χ1v) is 7.22. The highest BCUT2D eigenvalue weighted by Crippen LogP contribution is 2.26. The van der Waals surface area contributed by atoms with Crippen molar-refractivity contribution in [2.24, 2.45) is 0 Å². The van der Waals surface area contributed by atoms with Gasteiger partial charge in [0.15, 0.2) is 0 Å². The van der Waals surface area contributed by atoms with E-state index in [0.29, 0.717) is 6.61 Å². The summed E-state index contributed by atoms with van der Waals surface area (Å²) in [5, 5.41) is 9.00. The summed E-state index contributed by atoms with van der Waals surface area (Å²) in [5.41, 5.74) is 2.29. The molecule has 0 spiro atoms. The van der Waals surface area contributed by atoms with Crippen molar-refractivity contribution in [3.8, 4) is 0 Å². The van der Waals surface area contributed by atoms with Gasteiger partial charge in [-0.25, -0.2) is 4.79 Å². The van der Waals surface area contributed by atoms with Gasteiger partial charge in [0, 0.05) is 6.54 Å². The summed E-state index contributed by atoms with van der Waals surface area (Å²) >= 11 is 0. The van der Waals surface area contributed by atoms with Crippen LogP contribution in [0.1, 0.15) is 27.6 Å². The highest BCUT2D eigenvalue weighted by atomic mass is 16.5. The number of benzene rings is 2. The van der Waals surface area contributed by atoms with Crippen LogP contribution in [0.25, 0.3) is 0 Å². The van der Waals surface area contributed by atoms with E-state index < -0.39 is 5.97 Å². The van der Waals surface area contributed by atoms with Gasteiger partial charge >= 0.3 is 5.97 Å². The van der Waals surface area contributed by atoms with E-state index in [1.54, 1.807) is 12.1 Å². The molecule has 2 rings (SSSR count). The first-order chi connectivity index (χ1) is 10.6. The van der Waals surface area contributed by atoms with Crippen molar-refractivity contribution in [1.29, 1.82) is 0 Å². The lowest BCUT2D eigenvalue weighted by molar-refractivity contribution is 0.0678. The van der Waals surface area contributed by atoms with E-state index in [2.05, 4.69) is 4.90 Å². The molecule has 0 aliphatic carbocycles. The predicted molar refractivity (Wildman–Crippen MR) is 86.2 cm³/mol. The Morgan fingerprint density at radius 3 is 2.18 bits per heavy atom. The van der Waals surface area contributed by atoms with E-state index in [1.807, 2.05) is 56.6 Å². The Morgan fingerprint density at radius 2 is 1.64 bits per heavy atom. The Bertz CT molecular complexity index is 593. The molecule has 1 atom stereocenters. The van der Waals surface area contributed by atoms with E-state index in [-0.39, 0.29) is 11.7 Å². The molecular weight excluding hydrogens is 278 g/mol. The molecule has 2 aromatic carbocycles. The Labute approximate surface area is 131 Å². The van der Waals surface area contributed by atoms with Gasteiger partial charge in [0.25, 0.3) is 0 Å². The second-order valence-electron chi connectivity index (χ2n) is 5.39. The Hall–Kier alpha value is -2.17. The number of carboxylic acids is 1. The molecule has 0 heterocycles. The van der Waals surface area contributed by atoms with Gasteiger partial charge in [-0.2, -0.15) is 0 Å². The number of carboxylic acid groups (broad SMARTS) is 1. The fourth-order valence-corrected chi connectivity index (χ4v) is 2.17. The van der Waals surface area contributed by atoms with Gasteiger partial charge < -0.3 is 14.7 Å². The summed E-state index contributed by atoms with van der Waals surface area (Å²) in [7, 11) is 4.01. The minimum atomic E-state index is -0.920. The molecule has 0 saturated carbocycles. The minimum absolute atomic E-state index is 0.191. The van der Waals surface area contributed by atoms with E-state index in [9.17, 15) is 4.79 Å². The normalized spacial score (nSPS) is 12.3. The lowest BCUT2D eigenvalue weighted by Gasteiger charge is -2.20. The average Bonchev–Trinajstić information content (AvgIpc) is 2.52. The second-order valence-corrected chi connectivity index (χ2v) is 5.39. The van der Waals surface area contributed by atoms with Crippen molar-refractivity contribution < 1.29 is 14.6 Å². The van der Waals surface area contributed by atoms with Crippen LogP contribution in [0.4, 0.5) is 0 Å². The molecule has 1 unspecified atom stereocenters. The van der Waals surface area contributed by atoms with Crippen molar-refractivity contribution in [2.75, 3.05) is 27.2 Å². The van der Waals surface area contributed by atoms with Crippen LogP contribution in [0, 0.1) is 0 Å². The van der Waals surface area contributed by atoms with E-state index >= 15 is 0 Å². The maximum Gasteiger partial charge on any atom is 0.335 e. The molecule has 0 amide bonds. The first-order valence-electron chi connectivity index (χ1n) is 7.22. The monoisotopic (exact) mass is 299 g/mol. The maximum atomic E-state index is 11.0. The van der Waals surface area contributed by atoms with Crippen LogP contribution in [0.3, 0.4) is 0 Å². The highest BCUT2D eigenvalue weighted by molar-refractivity contribution is 5.87. The first kappa shape index (κ1) is 16.2. The quantitative estimate of drug-likeness (QED) is 0.853. The molecule has 0 aliphatic heterocycles. The van der Waals surface area contributed by atoms with E-state index in [1.165, 1.54) is 0 Å². The third kappa shape index (κ3) is 4.41. The van der Waals surface area contributed by atoms with Gasteiger partial charge in [0.1, 0.15) is 6.10 Å². The number of ether oxygens (including phenoxy) is 1. The van der Waals surface area contributed by atoms with Crippen molar-refractivity contribution >= 4 is 5.97 Å². The molecule has 1 N–H and O–H groups in total. The lowest BCUT2D eigenvalue weighted by atomic mass is 10.00. The summed E-state index contributed by atoms with van der Waals surface area (Å²) < 4.78 is 6.04. The van der Waals surface area contributed by atoms with Gasteiger partial charge in [-0.3, -0.25) is 0 Å². The van der Waals surface area contributed by atoms with Crippen LogP contribution in [0.15, 0.2) is 54.6 Å². The second kappa shape index (κ2) is 7.73. The van der Waals surface area contributed by atoms with Gasteiger partial charge in [-0.15, -0.1) is 0 Å². The molecule has 0 saturated heterocycles. The fraction of sp³-hybridized carbons (Fsp3) is 0.278. The summed E-state index contributed by atoms with van der Waals surface area (Å²) in [6, 6.07) is 16.8. The van der Waals surface area contributed by atoms with E-state index in [4.69, 9.17) is 9.84 Å². The molecule has 0 aliphatic rings. The largest absolute Gasteiger partial charge is 0.478 e. The number of carbonyl (C=O) groups is 1. The zero-order valence-corrected chi connectivity index (χ0v) is 12.9. The van der Waals surface area contributed by atoms with Crippen LogP contribution < -0.4 is 0 Å². The number of rotatable bonds is 7. The zero-order chi connectivity index (χ0) is 15.9. The maximum absolute atomic E-state index is 11.0. The molecule has 22 heavy (non-hydrogen) atoms. The van der Waals surface area contributed by atoms with Gasteiger partial charge in [-0.05, 0) is 37.4 Å². The number of likely N-dealkylation sites (N-methyl/N-ethyl adjacent to an activating group) is 1. The molecule has 116 valence electrons. The van der Waals surface area contributed by atoms with Crippen LogP contribution in [-0.2, 0) is 4.74 Å². The number of aromatic carboxylic acids is 1. The molecule has 0 radical (unpaired) electrons. The number of nitrogens with zero attached hydrogens (tertiary/aromatic N) is 1. The standard InChI is InChI=1S/C18H21NO3/c1-19(2)12-13-22-17(14-6-4-3-5-7-14)15-8-10-16(11-9-15)18(20)21/h3-11,17H,12-13H2,1-2H3,(H,20,21). The third-order valence-electron chi connectivity index (χ3n) is 3.39. The van der Waals surface area contributed by atoms with Crippen LogP contribution in [0.2, 0.25) is 0 Å². The molecule has 4 heteroatoms. The Balaban J connectivity index is 2.21. The van der Waals surface area contributed by atoms with Crippen molar-refractivity contribution in [3.63, 3.8) is 0 Å². The predicted octanol–water partition coefficient (Wildman–Crippen LogP) is 3.05. The summed E-state index contributed by atoms with van der Waals surface area (Å²) in [6.07, 6.45) is -0.191. The van der Waals surface area contributed by atoms with Gasteiger partial charge in [0.05, 0.1) is 12.2 Å². The van der Waals surface area contributed by atoms with Crippen molar-refractivity contribution in [1.82, 2.24) is 4.90 Å². The molecule has 0 aromatic heterocycles. The summed E-state index contributed by atoms with van der Waals surface area (Å²) in [5.74, 6) is -0.920. The molecule has 0 fully saturated rings. The smallest absolute Gasteiger partial charge is 0.335 e. The zero-order valence-electron chi connectivity index (χ0n) is 12.9. The lowest BCUT2D eigenvalue weighted by Crippen LogP contribution is -2.20. The third-order valence-corrected chi connectivity index (χ3v) is 3.39. The minimum Gasteiger partial charge on any atom is -0.478 e. The highest BCUT2D eigenvalue weighted by Gasteiger charge is 2.15. The Morgan fingerprint density at radius 1 is 1.05 bits per heavy atom. The van der Waals surface area contributed by atoms with Crippen LogP contribution >= 0.6 is 0 Å². The average molecular weight is 299 g/mol. The molecule has 4 nitrogen and oxygen atoms in total. The van der Waals surface area contributed by atoms with Crippen molar-refractivity contribution in [3.05, 3.63) is 71.3 Å². The Kier molecular flexibility index (Phi) is 5.69. The summed E-state index contributed by atoms with van der Waals surface area (Å²) in [6.45, 7) is 1.43. The topological polar surface area (TPSA) is 49.8 Å². The van der Waals surface area contributed by atoms with Gasteiger partial charge in [-0.1, -0.05) is 42.5 Å². The van der Waals surface area contributed by atoms with Crippen LogP contribution in [-0.4, -0.2) is 43.2 Å². The van der Waals surface area contributed by atoms with E-state index in [0.717, 1.165) is 17.7 Å². The SMILES string of the molecule is CN(C)CCOC(c1ccccc1)c1ccc(C(=O)O)cc1. The van der Waals surface area contributed by atoms with Crippen molar-refractivity contribution in [2.45, 2.75) is 6.10 Å². The molecule has 0 bridgehead atoms. The molecule has 2 aromatic rings. The van der Waals surface area contributed by atoms with Gasteiger partial charge in [0.2, 0.25) is 0 Å².